The Bertz CT molecular complexity index is 2170. The lowest BCUT2D eigenvalue weighted by Crippen LogP contribution is -2.35. The average molecular weight is 725 g/mol. The van der Waals surface area contributed by atoms with E-state index in [1.54, 1.807) is 35.6 Å². The standard InChI is InChI=1S/C35H32F6N8O.C2H6/c1-18-5-7-24(32-45-46-33(42)49(18)32)23-8-6-22(9-11-34(2,3)4)43-28(23)26(15-19-13-20(36)16-21(37)14-19)44-27(50)17-48-30-25(10-12-35(30,40)41)29(47-48)31(38)39;1-2/h5-8,13-14,16,26,31H,10,12,15,17H2,1-4H3,(H2,42,46)(H,44,50);1-2H3. The molecule has 3 N–H and O–H groups in total. The predicted molar refractivity (Wildman–Crippen MR) is 183 cm³/mol. The Balaban J connectivity index is 0.00000257. The Hall–Kier alpha value is -5.39. The molecule has 1 amide bonds. The summed E-state index contributed by atoms with van der Waals surface area (Å²) < 4.78 is 88.3. The van der Waals surface area contributed by atoms with Crippen molar-refractivity contribution in [3.63, 3.8) is 0 Å². The number of pyridine rings is 2. The van der Waals surface area contributed by atoms with Gasteiger partial charge in [-0.2, -0.15) is 13.9 Å². The van der Waals surface area contributed by atoms with Crippen LogP contribution in [0.25, 0.3) is 16.8 Å². The highest BCUT2D eigenvalue weighted by Gasteiger charge is 2.46. The van der Waals surface area contributed by atoms with Gasteiger partial charge in [-0.05, 0) is 88.4 Å². The Labute approximate surface area is 296 Å². The van der Waals surface area contributed by atoms with Crippen molar-refractivity contribution in [2.45, 2.75) is 85.7 Å². The molecule has 0 radical (unpaired) electrons. The normalized spacial score (nSPS) is 14.0. The molecule has 6 rings (SSSR count). The van der Waals surface area contributed by atoms with Crippen LogP contribution in [0.1, 0.15) is 93.1 Å². The number of hydrogen-bond acceptors (Lipinski definition) is 6. The fourth-order valence-electron chi connectivity index (χ4n) is 6.09. The monoisotopic (exact) mass is 724 g/mol. The van der Waals surface area contributed by atoms with Crippen molar-refractivity contribution < 1.29 is 31.1 Å². The SMILES string of the molecule is CC.Cc1ccc(-c2ccc(C#CC(C)(C)C)nc2C(Cc2cc(F)cc(F)c2)NC(=O)Cn2nc(C(F)F)c3c2C(F)(F)CC3)c2nnc(N)n12. The molecule has 0 saturated carbocycles. The summed E-state index contributed by atoms with van der Waals surface area (Å²) in [5.41, 5.74) is 6.50. The first-order valence-corrected chi connectivity index (χ1v) is 16.7. The third-order valence-corrected chi connectivity index (χ3v) is 8.20. The molecule has 1 atom stereocenters. The van der Waals surface area contributed by atoms with Gasteiger partial charge in [0.15, 0.2) is 5.65 Å². The van der Waals surface area contributed by atoms with E-state index < -0.39 is 65.7 Å². The number of carbonyl (C=O) groups is 1. The first-order chi connectivity index (χ1) is 24.5. The van der Waals surface area contributed by atoms with E-state index >= 15 is 0 Å². The number of anilines is 1. The molecule has 1 aliphatic rings. The summed E-state index contributed by atoms with van der Waals surface area (Å²) in [6.07, 6.45) is -4.35. The van der Waals surface area contributed by atoms with Crippen molar-refractivity contribution in [3.05, 3.63) is 93.7 Å². The molecule has 4 aromatic heterocycles. The lowest BCUT2D eigenvalue weighted by Gasteiger charge is -2.23. The lowest BCUT2D eigenvalue weighted by molar-refractivity contribution is -0.122. The number of halogens is 6. The van der Waals surface area contributed by atoms with Crippen LogP contribution in [0.2, 0.25) is 0 Å². The number of aryl methyl sites for hydroxylation is 1. The highest BCUT2D eigenvalue weighted by atomic mass is 19.3. The zero-order valence-electron chi connectivity index (χ0n) is 29.5. The molecule has 1 aliphatic carbocycles. The van der Waals surface area contributed by atoms with Crippen LogP contribution >= 0.6 is 0 Å². The Morgan fingerprint density at radius 2 is 1.69 bits per heavy atom. The van der Waals surface area contributed by atoms with Crippen LogP contribution in [0.3, 0.4) is 0 Å². The number of aromatic nitrogens is 6. The predicted octanol–water partition coefficient (Wildman–Crippen LogP) is 7.66. The van der Waals surface area contributed by atoms with Gasteiger partial charge in [-0.1, -0.05) is 19.8 Å². The minimum Gasteiger partial charge on any atom is -0.368 e. The van der Waals surface area contributed by atoms with Crippen molar-refractivity contribution in [2.75, 3.05) is 5.73 Å². The number of alkyl halides is 4. The maximum atomic E-state index is 14.9. The second-order valence-electron chi connectivity index (χ2n) is 13.2. The number of benzene rings is 1. The van der Waals surface area contributed by atoms with Crippen LogP contribution in [0.15, 0.2) is 42.5 Å². The van der Waals surface area contributed by atoms with Gasteiger partial charge in [0.2, 0.25) is 11.9 Å². The van der Waals surface area contributed by atoms with Gasteiger partial charge in [0, 0.05) is 40.3 Å². The lowest BCUT2D eigenvalue weighted by atomic mass is 9.94. The molecule has 4 heterocycles. The summed E-state index contributed by atoms with van der Waals surface area (Å²) in [5.74, 6) is 0.147. The Morgan fingerprint density at radius 3 is 2.35 bits per heavy atom. The molecule has 0 fully saturated rings. The molecule has 274 valence electrons. The highest BCUT2D eigenvalue weighted by Crippen LogP contribution is 2.44. The molecular formula is C37H38F6N8O. The number of fused-ring (bicyclic) bond motifs is 2. The average Bonchev–Trinajstić information content (AvgIpc) is 3.74. The number of nitrogens with two attached hydrogens (primary N) is 1. The smallest absolute Gasteiger partial charge is 0.290 e. The maximum Gasteiger partial charge on any atom is 0.290 e. The van der Waals surface area contributed by atoms with E-state index in [4.69, 9.17) is 10.7 Å². The van der Waals surface area contributed by atoms with Crippen LogP contribution in [0, 0.1) is 35.8 Å². The first kappa shape index (κ1) is 37.9. The van der Waals surface area contributed by atoms with Crippen LogP contribution in [-0.4, -0.2) is 35.3 Å². The molecule has 0 saturated heterocycles. The summed E-state index contributed by atoms with van der Waals surface area (Å²) >= 11 is 0. The molecule has 5 aromatic rings. The molecule has 9 nitrogen and oxygen atoms in total. The second kappa shape index (κ2) is 14.7. The summed E-state index contributed by atoms with van der Waals surface area (Å²) in [4.78, 5) is 18.5. The van der Waals surface area contributed by atoms with Gasteiger partial charge in [0.05, 0.1) is 11.7 Å². The zero-order chi connectivity index (χ0) is 38.1. The molecule has 15 heteroatoms. The molecule has 0 bridgehead atoms. The van der Waals surface area contributed by atoms with Gasteiger partial charge >= 0.3 is 0 Å². The molecule has 1 unspecified atom stereocenters. The second-order valence-corrected chi connectivity index (χ2v) is 13.2. The van der Waals surface area contributed by atoms with Crippen molar-refractivity contribution in [1.82, 2.24) is 34.7 Å². The van der Waals surface area contributed by atoms with E-state index in [2.05, 4.69) is 32.5 Å². The Kier molecular flexibility index (Phi) is 10.7. The van der Waals surface area contributed by atoms with Gasteiger partial charge in [-0.3, -0.25) is 13.9 Å². The zero-order valence-corrected chi connectivity index (χ0v) is 29.5. The number of nitrogen functional groups attached to an aromatic ring is 1. The highest BCUT2D eigenvalue weighted by molar-refractivity contribution is 5.82. The summed E-state index contributed by atoms with van der Waals surface area (Å²) in [6, 6.07) is 8.60. The first-order valence-electron chi connectivity index (χ1n) is 16.7. The molecular weight excluding hydrogens is 686 g/mol. The fourth-order valence-corrected chi connectivity index (χ4v) is 6.09. The van der Waals surface area contributed by atoms with E-state index in [1.165, 1.54) is 0 Å². The molecule has 0 spiro atoms. The van der Waals surface area contributed by atoms with Crippen molar-refractivity contribution in [3.8, 4) is 23.0 Å². The van der Waals surface area contributed by atoms with E-state index in [0.717, 1.165) is 17.8 Å². The number of rotatable bonds is 8. The number of carbonyl (C=O) groups excluding carboxylic acids is 1. The summed E-state index contributed by atoms with van der Waals surface area (Å²) in [7, 11) is 0. The van der Waals surface area contributed by atoms with Gasteiger partial charge in [0.25, 0.3) is 12.3 Å². The molecule has 0 aliphatic heterocycles. The van der Waals surface area contributed by atoms with Crippen molar-refractivity contribution in [2.24, 2.45) is 5.41 Å². The van der Waals surface area contributed by atoms with Crippen molar-refractivity contribution in [1.29, 1.82) is 0 Å². The van der Waals surface area contributed by atoms with Crippen LogP contribution in [-0.2, 0) is 30.1 Å². The fraction of sp³-hybridized carbons (Fsp3) is 0.378. The number of nitrogens with zero attached hydrogens (tertiary/aromatic N) is 6. The van der Waals surface area contributed by atoms with Crippen LogP contribution < -0.4 is 11.1 Å². The van der Waals surface area contributed by atoms with Gasteiger partial charge in [-0.25, -0.2) is 22.5 Å². The molecule has 52 heavy (non-hydrogen) atoms. The summed E-state index contributed by atoms with van der Waals surface area (Å²) in [5, 5.41) is 14.7. The van der Waals surface area contributed by atoms with Crippen LogP contribution in [0.4, 0.5) is 32.3 Å². The number of amides is 1. The van der Waals surface area contributed by atoms with Crippen molar-refractivity contribution >= 4 is 17.5 Å². The minimum atomic E-state index is -3.47. The maximum absolute atomic E-state index is 14.9. The van der Waals surface area contributed by atoms with Gasteiger partial charge in [-0.15, -0.1) is 10.2 Å². The third-order valence-electron chi connectivity index (χ3n) is 8.20. The third kappa shape index (κ3) is 7.90. The van der Waals surface area contributed by atoms with Crippen LogP contribution in [0.5, 0.6) is 0 Å². The van der Waals surface area contributed by atoms with E-state index in [-0.39, 0.29) is 35.6 Å². The summed E-state index contributed by atoms with van der Waals surface area (Å²) in [6.45, 7) is 10.7. The topological polar surface area (TPSA) is 116 Å². The van der Waals surface area contributed by atoms with Gasteiger partial charge in [0.1, 0.15) is 35.3 Å². The van der Waals surface area contributed by atoms with Gasteiger partial charge < -0.3 is 11.1 Å². The van der Waals surface area contributed by atoms with E-state index in [9.17, 15) is 31.1 Å². The van der Waals surface area contributed by atoms with E-state index in [0.29, 0.717) is 33.2 Å². The number of nitrogens with one attached hydrogen (secondary N) is 1. The van der Waals surface area contributed by atoms with E-state index in [1.807, 2.05) is 34.6 Å². The molecule has 1 aromatic carbocycles. The quantitative estimate of drug-likeness (QED) is 0.126. The minimum absolute atomic E-state index is 0.119. The largest absolute Gasteiger partial charge is 0.368 e. The number of hydrogen-bond donors (Lipinski definition) is 2. The Morgan fingerprint density at radius 1 is 1.02 bits per heavy atom.